The Morgan fingerprint density at radius 1 is 1.23 bits per heavy atom. The van der Waals surface area contributed by atoms with Crippen molar-refractivity contribution in [2.45, 2.75) is 39.7 Å². The van der Waals surface area contributed by atoms with Crippen molar-refractivity contribution in [3.05, 3.63) is 80.1 Å². The molecule has 0 bridgehead atoms. The van der Waals surface area contributed by atoms with Gasteiger partial charge in [-0.05, 0) is 60.0 Å². The minimum Gasteiger partial charge on any atom is -0.474 e. The summed E-state index contributed by atoms with van der Waals surface area (Å²) in [5, 5.41) is 22.8. The zero-order valence-electron chi connectivity index (χ0n) is 19.4. The molecule has 1 amide bonds. The van der Waals surface area contributed by atoms with Crippen molar-refractivity contribution in [1.82, 2.24) is 9.97 Å². The molecule has 0 saturated carbocycles. The molecule has 1 heterocycles. The van der Waals surface area contributed by atoms with Crippen LogP contribution in [0.25, 0.3) is 0 Å². The van der Waals surface area contributed by atoms with Gasteiger partial charge in [0.25, 0.3) is 11.6 Å². The number of anilines is 1. The van der Waals surface area contributed by atoms with Gasteiger partial charge in [-0.2, -0.15) is 0 Å². The van der Waals surface area contributed by atoms with Crippen LogP contribution in [0.5, 0.6) is 11.8 Å². The van der Waals surface area contributed by atoms with Crippen molar-refractivity contribution in [3.8, 4) is 11.8 Å². The lowest BCUT2D eigenvalue weighted by molar-refractivity contribution is -0.385. The SMILES string of the molecule is CCCC(C)OC(=N)c1cccc(C(=O)Nc2ccc(C)c(Oc3ncc(Br)cn3)c2)c1[N+](=O)[O-]. The zero-order valence-corrected chi connectivity index (χ0v) is 21.0. The van der Waals surface area contributed by atoms with Crippen LogP contribution in [0, 0.1) is 22.4 Å². The van der Waals surface area contributed by atoms with Crippen LogP contribution in [-0.4, -0.2) is 32.8 Å². The fraction of sp³-hybridized carbons (Fsp3) is 0.250. The van der Waals surface area contributed by atoms with Gasteiger partial charge in [-0.15, -0.1) is 0 Å². The van der Waals surface area contributed by atoms with E-state index in [4.69, 9.17) is 14.9 Å². The highest BCUT2D eigenvalue weighted by atomic mass is 79.9. The van der Waals surface area contributed by atoms with Crippen LogP contribution in [0.3, 0.4) is 0 Å². The molecule has 3 aromatic rings. The standard InChI is InChI=1S/C24H24BrN5O5/c1-4-6-15(3)34-22(26)18-7-5-8-19(21(18)30(32)33)23(31)29-17-10-9-14(2)20(11-17)35-24-27-12-16(25)13-28-24/h5,7-13,15,26H,4,6H2,1-3H3,(H,29,31). The number of rotatable bonds is 9. The third kappa shape index (κ3) is 6.60. The van der Waals surface area contributed by atoms with Gasteiger partial charge >= 0.3 is 6.01 Å². The molecule has 11 heteroatoms. The van der Waals surface area contributed by atoms with Gasteiger partial charge in [-0.1, -0.05) is 25.5 Å². The number of benzene rings is 2. The van der Waals surface area contributed by atoms with E-state index in [0.717, 1.165) is 12.0 Å². The van der Waals surface area contributed by atoms with Crippen molar-refractivity contribution >= 4 is 39.1 Å². The van der Waals surface area contributed by atoms with Crippen LogP contribution in [-0.2, 0) is 4.74 Å². The number of halogens is 1. The molecule has 2 aromatic carbocycles. The summed E-state index contributed by atoms with van der Waals surface area (Å²) >= 11 is 3.26. The van der Waals surface area contributed by atoms with Crippen molar-refractivity contribution in [2.24, 2.45) is 0 Å². The number of aryl methyl sites for hydroxylation is 1. The van der Waals surface area contributed by atoms with Gasteiger partial charge in [0.05, 0.1) is 15.5 Å². The Morgan fingerprint density at radius 2 is 1.91 bits per heavy atom. The van der Waals surface area contributed by atoms with Crippen LogP contribution >= 0.6 is 15.9 Å². The van der Waals surface area contributed by atoms with Crippen LogP contribution in [0.15, 0.2) is 53.3 Å². The molecule has 0 radical (unpaired) electrons. The van der Waals surface area contributed by atoms with Crippen LogP contribution in [0.1, 0.15) is 48.2 Å². The highest BCUT2D eigenvalue weighted by Gasteiger charge is 2.28. The van der Waals surface area contributed by atoms with Crippen LogP contribution in [0.4, 0.5) is 11.4 Å². The van der Waals surface area contributed by atoms with E-state index in [1.165, 1.54) is 18.2 Å². The van der Waals surface area contributed by atoms with Gasteiger partial charge in [-0.25, -0.2) is 9.97 Å². The normalized spacial score (nSPS) is 11.4. The number of nitro benzene ring substituents is 1. The summed E-state index contributed by atoms with van der Waals surface area (Å²) < 4.78 is 11.9. The van der Waals surface area contributed by atoms with Crippen molar-refractivity contribution in [2.75, 3.05) is 5.32 Å². The van der Waals surface area contributed by atoms with E-state index in [0.29, 0.717) is 22.3 Å². The third-order valence-corrected chi connectivity index (χ3v) is 5.38. The fourth-order valence-electron chi connectivity index (χ4n) is 3.27. The molecule has 35 heavy (non-hydrogen) atoms. The molecule has 182 valence electrons. The van der Waals surface area contributed by atoms with Crippen LogP contribution in [0.2, 0.25) is 0 Å². The molecule has 0 aliphatic rings. The second-order valence-corrected chi connectivity index (χ2v) is 8.64. The van der Waals surface area contributed by atoms with Crippen molar-refractivity contribution < 1.29 is 19.2 Å². The van der Waals surface area contributed by atoms with Gasteiger partial charge in [0, 0.05) is 24.1 Å². The number of carbonyl (C=O) groups excluding carboxylic acids is 1. The number of carbonyl (C=O) groups is 1. The quantitative estimate of drug-likeness (QED) is 0.146. The van der Waals surface area contributed by atoms with E-state index in [1.807, 2.05) is 13.8 Å². The average molecular weight is 542 g/mol. The maximum Gasteiger partial charge on any atom is 0.321 e. The minimum absolute atomic E-state index is 0.0640. The first kappa shape index (κ1) is 25.8. The van der Waals surface area contributed by atoms with Gasteiger partial charge in [0.15, 0.2) is 0 Å². The van der Waals surface area contributed by atoms with Gasteiger partial charge in [0.1, 0.15) is 16.9 Å². The number of hydrogen-bond acceptors (Lipinski definition) is 8. The number of nitro groups is 1. The Balaban J connectivity index is 1.86. The molecule has 10 nitrogen and oxygen atoms in total. The maximum absolute atomic E-state index is 13.0. The molecule has 2 N–H and O–H groups in total. The molecule has 0 fully saturated rings. The number of para-hydroxylation sites is 1. The fourth-order valence-corrected chi connectivity index (χ4v) is 3.48. The summed E-state index contributed by atoms with van der Waals surface area (Å²) in [6.07, 6.45) is 4.33. The number of amides is 1. The van der Waals surface area contributed by atoms with E-state index in [1.54, 1.807) is 37.5 Å². The number of nitrogens with one attached hydrogen (secondary N) is 2. The Hall–Kier alpha value is -3.86. The van der Waals surface area contributed by atoms with Crippen molar-refractivity contribution in [1.29, 1.82) is 5.41 Å². The summed E-state index contributed by atoms with van der Waals surface area (Å²) in [7, 11) is 0. The topological polar surface area (TPSA) is 140 Å². The molecule has 1 aromatic heterocycles. The first-order valence-electron chi connectivity index (χ1n) is 10.8. The molecule has 0 aliphatic carbocycles. The number of ether oxygens (including phenoxy) is 2. The Labute approximate surface area is 210 Å². The summed E-state index contributed by atoms with van der Waals surface area (Å²) in [5.74, 6) is -0.649. The zero-order chi connectivity index (χ0) is 25.5. The van der Waals surface area contributed by atoms with E-state index in [9.17, 15) is 14.9 Å². The monoisotopic (exact) mass is 541 g/mol. The largest absolute Gasteiger partial charge is 0.474 e. The average Bonchev–Trinajstić information content (AvgIpc) is 2.82. The number of nitrogens with zero attached hydrogens (tertiary/aromatic N) is 3. The lowest BCUT2D eigenvalue weighted by Gasteiger charge is -2.15. The van der Waals surface area contributed by atoms with Crippen LogP contribution < -0.4 is 10.1 Å². The smallest absolute Gasteiger partial charge is 0.321 e. The van der Waals surface area contributed by atoms with Gasteiger partial charge in [-0.3, -0.25) is 20.3 Å². The minimum atomic E-state index is -0.706. The second-order valence-electron chi connectivity index (χ2n) is 7.73. The maximum atomic E-state index is 13.0. The lowest BCUT2D eigenvalue weighted by atomic mass is 10.1. The summed E-state index contributed by atoms with van der Waals surface area (Å²) in [6, 6.07) is 9.29. The Kier molecular flexibility index (Phi) is 8.48. The molecule has 3 rings (SSSR count). The Morgan fingerprint density at radius 3 is 2.57 bits per heavy atom. The first-order chi connectivity index (χ1) is 16.7. The highest BCUT2D eigenvalue weighted by Crippen LogP contribution is 2.29. The summed E-state index contributed by atoms with van der Waals surface area (Å²) in [5.41, 5.74) is 0.379. The molecular weight excluding hydrogens is 518 g/mol. The molecule has 0 aliphatic heterocycles. The van der Waals surface area contributed by atoms with E-state index >= 15 is 0 Å². The van der Waals surface area contributed by atoms with E-state index in [2.05, 4.69) is 31.2 Å². The predicted octanol–water partition coefficient (Wildman–Crippen LogP) is 6.03. The third-order valence-electron chi connectivity index (χ3n) is 4.97. The van der Waals surface area contributed by atoms with Gasteiger partial charge < -0.3 is 14.8 Å². The van der Waals surface area contributed by atoms with E-state index in [-0.39, 0.29) is 29.1 Å². The summed E-state index contributed by atoms with van der Waals surface area (Å²) in [6.45, 7) is 5.58. The number of aromatic nitrogens is 2. The molecule has 1 unspecified atom stereocenters. The molecular formula is C24H24BrN5O5. The highest BCUT2D eigenvalue weighted by molar-refractivity contribution is 9.10. The second kappa shape index (κ2) is 11.5. The molecule has 1 atom stereocenters. The van der Waals surface area contributed by atoms with E-state index < -0.39 is 16.5 Å². The first-order valence-corrected chi connectivity index (χ1v) is 11.6. The predicted molar refractivity (Wildman–Crippen MR) is 134 cm³/mol. The summed E-state index contributed by atoms with van der Waals surface area (Å²) in [4.78, 5) is 32.4. The van der Waals surface area contributed by atoms with Crippen molar-refractivity contribution in [3.63, 3.8) is 0 Å². The Bertz CT molecular complexity index is 1250. The molecule has 0 saturated heterocycles. The molecule has 0 spiro atoms. The van der Waals surface area contributed by atoms with Gasteiger partial charge in [0.2, 0.25) is 5.90 Å². The number of hydrogen-bond donors (Lipinski definition) is 2. The lowest BCUT2D eigenvalue weighted by Crippen LogP contribution is -2.19.